The molecule has 0 unspecified atom stereocenters. The molecule has 0 atom stereocenters. The SMILES string of the molecule is CC1=C(C=O)CCOc2cc(OCc3ccccc3)ccc21. The van der Waals surface area contributed by atoms with Crippen LogP contribution in [0.15, 0.2) is 54.1 Å². The predicted molar refractivity (Wildman–Crippen MR) is 86.0 cm³/mol. The van der Waals surface area contributed by atoms with E-state index in [1.54, 1.807) is 0 Å². The molecule has 0 aliphatic carbocycles. The van der Waals surface area contributed by atoms with Crippen LogP contribution >= 0.6 is 0 Å². The average molecular weight is 294 g/mol. The quantitative estimate of drug-likeness (QED) is 0.799. The maximum absolute atomic E-state index is 11.1. The van der Waals surface area contributed by atoms with Crippen molar-refractivity contribution >= 4 is 11.9 Å². The molecule has 0 radical (unpaired) electrons. The molecule has 2 aromatic carbocycles. The Kier molecular flexibility index (Phi) is 4.24. The fourth-order valence-electron chi connectivity index (χ4n) is 2.54. The van der Waals surface area contributed by atoms with Gasteiger partial charge in [-0.1, -0.05) is 30.3 Å². The van der Waals surface area contributed by atoms with Crippen molar-refractivity contribution in [1.29, 1.82) is 0 Å². The number of allylic oxidation sites excluding steroid dienone is 1. The number of fused-ring (bicyclic) bond motifs is 1. The molecule has 0 saturated heterocycles. The Morgan fingerprint density at radius 1 is 1.18 bits per heavy atom. The molecule has 0 saturated carbocycles. The summed E-state index contributed by atoms with van der Waals surface area (Å²) in [6, 6.07) is 15.8. The molecule has 1 aliphatic heterocycles. The third-order valence-corrected chi connectivity index (χ3v) is 3.86. The molecule has 0 amide bonds. The fourth-order valence-corrected chi connectivity index (χ4v) is 2.54. The summed E-state index contributed by atoms with van der Waals surface area (Å²) < 4.78 is 11.6. The Bertz CT molecular complexity index is 702. The molecule has 2 aromatic rings. The number of rotatable bonds is 4. The summed E-state index contributed by atoms with van der Waals surface area (Å²) in [5.74, 6) is 1.55. The van der Waals surface area contributed by atoms with Crippen LogP contribution in [0.1, 0.15) is 24.5 Å². The highest BCUT2D eigenvalue weighted by molar-refractivity contribution is 5.89. The summed E-state index contributed by atoms with van der Waals surface area (Å²) in [4.78, 5) is 11.1. The van der Waals surface area contributed by atoms with Gasteiger partial charge in [-0.2, -0.15) is 0 Å². The Hall–Kier alpha value is -2.55. The molecule has 0 N–H and O–H groups in total. The molecule has 1 aliphatic rings. The van der Waals surface area contributed by atoms with Gasteiger partial charge in [0, 0.05) is 18.1 Å². The number of hydrogen-bond donors (Lipinski definition) is 0. The normalized spacial score (nSPS) is 13.9. The van der Waals surface area contributed by atoms with E-state index in [0.717, 1.165) is 40.1 Å². The van der Waals surface area contributed by atoms with Crippen molar-refractivity contribution in [2.24, 2.45) is 0 Å². The van der Waals surface area contributed by atoms with Crippen LogP contribution in [0.5, 0.6) is 11.5 Å². The third kappa shape index (κ3) is 3.03. The first-order chi connectivity index (χ1) is 10.8. The summed E-state index contributed by atoms with van der Waals surface area (Å²) in [6.07, 6.45) is 1.57. The lowest BCUT2D eigenvalue weighted by molar-refractivity contribution is -0.105. The van der Waals surface area contributed by atoms with Crippen LogP contribution in [-0.4, -0.2) is 12.9 Å². The molecule has 1 heterocycles. The van der Waals surface area contributed by atoms with E-state index < -0.39 is 0 Å². The number of benzene rings is 2. The molecule has 0 spiro atoms. The highest BCUT2D eigenvalue weighted by Gasteiger charge is 2.15. The van der Waals surface area contributed by atoms with Crippen molar-refractivity contribution in [3.63, 3.8) is 0 Å². The molecule has 3 nitrogen and oxygen atoms in total. The molecule has 112 valence electrons. The van der Waals surface area contributed by atoms with Crippen molar-refractivity contribution in [3.05, 3.63) is 65.2 Å². The second-order valence-corrected chi connectivity index (χ2v) is 5.30. The Morgan fingerprint density at radius 2 is 2.00 bits per heavy atom. The zero-order chi connectivity index (χ0) is 15.4. The van der Waals surface area contributed by atoms with Crippen LogP contribution in [0.3, 0.4) is 0 Å². The van der Waals surface area contributed by atoms with Crippen LogP contribution in [-0.2, 0) is 11.4 Å². The lowest BCUT2D eigenvalue weighted by Gasteiger charge is -2.12. The van der Waals surface area contributed by atoms with E-state index >= 15 is 0 Å². The Balaban J connectivity index is 1.81. The molecular formula is C19H18O3. The monoisotopic (exact) mass is 294 g/mol. The first-order valence-electron chi connectivity index (χ1n) is 7.37. The highest BCUT2D eigenvalue weighted by atomic mass is 16.5. The Labute approximate surface area is 130 Å². The largest absolute Gasteiger partial charge is 0.492 e. The van der Waals surface area contributed by atoms with Crippen LogP contribution in [0.25, 0.3) is 5.57 Å². The topological polar surface area (TPSA) is 35.5 Å². The van der Waals surface area contributed by atoms with Gasteiger partial charge in [0.1, 0.15) is 24.4 Å². The van der Waals surface area contributed by atoms with Gasteiger partial charge in [0.15, 0.2) is 0 Å². The maximum Gasteiger partial charge on any atom is 0.146 e. The second kappa shape index (κ2) is 6.48. The van der Waals surface area contributed by atoms with Gasteiger partial charge in [0.25, 0.3) is 0 Å². The predicted octanol–water partition coefficient (Wildman–Crippen LogP) is 4.02. The smallest absolute Gasteiger partial charge is 0.146 e. The van der Waals surface area contributed by atoms with Crippen molar-refractivity contribution in [3.8, 4) is 11.5 Å². The van der Waals surface area contributed by atoms with Crippen LogP contribution in [0.2, 0.25) is 0 Å². The minimum Gasteiger partial charge on any atom is -0.492 e. The van der Waals surface area contributed by atoms with Crippen LogP contribution < -0.4 is 9.47 Å². The standard InChI is InChI=1S/C19H18O3/c1-14-16(12-20)9-10-21-19-11-17(7-8-18(14)19)22-13-15-5-3-2-4-6-15/h2-8,11-12H,9-10,13H2,1H3. The van der Waals surface area contributed by atoms with Gasteiger partial charge in [-0.3, -0.25) is 4.79 Å². The number of ether oxygens (including phenoxy) is 2. The number of carbonyl (C=O) groups excluding carboxylic acids is 1. The highest BCUT2D eigenvalue weighted by Crippen LogP contribution is 2.34. The van der Waals surface area contributed by atoms with Crippen molar-refractivity contribution in [2.75, 3.05) is 6.61 Å². The van der Waals surface area contributed by atoms with E-state index in [4.69, 9.17) is 9.47 Å². The van der Waals surface area contributed by atoms with Crippen molar-refractivity contribution < 1.29 is 14.3 Å². The number of hydrogen-bond acceptors (Lipinski definition) is 3. The molecule has 0 aromatic heterocycles. The van der Waals surface area contributed by atoms with Crippen LogP contribution in [0.4, 0.5) is 0 Å². The van der Waals surface area contributed by atoms with Gasteiger partial charge < -0.3 is 9.47 Å². The molecule has 22 heavy (non-hydrogen) atoms. The van der Waals surface area contributed by atoms with Gasteiger partial charge in [-0.05, 0) is 35.8 Å². The number of carbonyl (C=O) groups is 1. The minimum atomic E-state index is 0.514. The zero-order valence-corrected chi connectivity index (χ0v) is 12.5. The van der Waals surface area contributed by atoms with Crippen LogP contribution in [0, 0.1) is 0 Å². The minimum absolute atomic E-state index is 0.514. The van der Waals surface area contributed by atoms with Crippen molar-refractivity contribution in [2.45, 2.75) is 20.0 Å². The van der Waals surface area contributed by atoms with E-state index in [2.05, 4.69) is 0 Å². The fraction of sp³-hybridized carbons (Fsp3) is 0.211. The van der Waals surface area contributed by atoms with Gasteiger partial charge in [0.2, 0.25) is 0 Å². The van der Waals surface area contributed by atoms with Gasteiger partial charge >= 0.3 is 0 Å². The first-order valence-corrected chi connectivity index (χ1v) is 7.37. The van der Waals surface area contributed by atoms with E-state index in [1.165, 1.54) is 0 Å². The van der Waals surface area contributed by atoms with Gasteiger partial charge in [0.05, 0.1) is 6.61 Å². The average Bonchev–Trinajstić information content (AvgIpc) is 2.72. The van der Waals surface area contributed by atoms with E-state index in [-0.39, 0.29) is 0 Å². The van der Waals surface area contributed by atoms with Crippen molar-refractivity contribution in [1.82, 2.24) is 0 Å². The Morgan fingerprint density at radius 3 is 2.77 bits per heavy atom. The molecule has 3 rings (SSSR count). The number of aldehydes is 1. The lowest BCUT2D eigenvalue weighted by atomic mass is 10.0. The van der Waals surface area contributed by atoms with E-state index in [9.17, 15) is 4.79 Å². The summed E-state index contributed by atoms with van der Waals surface area (Å²) in [6.45, 7) is 3.00. The summed E-state index contributed by atoms with van der Waals surface area (Å²) in [5.41, 5.74) is 3.87. The third-order valence-electron chi connectivity index (χ3n) is 3.86. The van der Waals surface area contributed by atoms with E-state index in [1.807, 2.05) is 55.5 Å². The summed E-state index contributed by atoms with van der Waals surface area (Å²) in [5, 5.41) is 0. The van der Waals surface area contributed by atoms with Gasteiger partial charge in [-0.15, -0.1) is 0 Å². The first kappa shape index (κ1) is 14.4. The lowest BCUT2D eigenvalue weighted by Crippen LogP contribution is -1.99. The summed E-state index contributed by atoms with van der Waals surface area (Å²) in [7, 11) is 0. The van der Waals surface area contributed by atoms with Gasteiger partial charge in [-0.25, -0.2) is 0 Å². The molecule has 0 fully saturated rings. The second-order valence-electron chi connectivity index (χ2n) is 5.30. The maximum atomic E-state index is 11.1. The zero-order valence-electron chi connectivity index (χ0n) is 12.5. The molecular weight excluding hydrogens is 276 g/mol. The molecule has 0 bridgehead atoms. The molecule has 3 heteroatoms. The van der Waals surface area contributed by atoms with E-state index in [0.29, 0.717) is 19.6 Å². The summed E-state index contributed by atoms with van der Waals surface area (Å²) >= 11 is 0.